The van der Waals surface area contributed by atoms with Crippen LogP contribution in [0.1, 0.15) is 30.4 Å². The Morgan fingerprint density at radius 3 is 2.45 bits per heavy atom. The largest absolute Gasteiger partial charge is 0.356 e. The number of amides is 1. The van der Waals surface area contributed by atoms with Gasteiger partial charge in [-0.1, -0.05) is 0 Å². The Morgan fingerprint density at radius 1 is 1.00 bits per heavy atom. The molecule has 4 aliphatic heterocycles. The van der Waals surface area contributed by atoms with Gasteiger partial charge in [0.25, 0.3) is 5.56 Å². The van der Waals surface area contributed by atoms with E-state index in [9.17, 15) is 14.4 Å². The number of nitrogens with one attached hydrogen (secondary N) is 2. The molecule has 1 aromatic rings. The summed E-state index contributed by atoms with van der Waals surface area (Å²) in [5.41, 5.74) is 2.57. The first kappa shape index (κ1) is 19.9. The van der Waals surface area contributed by atoms with Crippen molar-refractivity contribution in [2.45, 2.75) is 39.7 Å². The van der Waals surface area contributed by atoms with E-state index in [2.05, 4.69) is 25.2 Å². The number of carbonyl (C=O) groups is 1. The van der Waals surface area contributed by atoms with E-state index >= 15 is 0 Å². The average Bonchev–Trinajstić information content (AvgIpc) is 3.08. The monoisotopic (exact) mass is 422 g/mol. The van der Waals surface area contributed by atoms with Crippen LogP contribution < -0.4 is 16.6 Å². The zero-order valence-electron chi connectivity index (χ0n) is 17.8. The number of aromatic nitrogens is 4. The number of benzene rings is 1. The highest BCUT2D eigenvalue weighted by Crippen LogP contribution is 2.38. The predicted molar refractivity (Wildman–Crippen MR) is 116 cm³/mol. The Bertz CT molecular complexity index is 1270. The fraction of sp³-hybridized carbons (Fsp3) is 0.500. The van der Waals surface area contributed by atoms with E-state index in [0.29, 0.717) is 17.9 Å². The number of H-pyrrole nitrogens is 1. The van der Waals surface area contributed by atoms with Crippen molar-refractivity contribution in [1.82, 2.24) is 29.7 Å². The van der Waals surface area contributed by atoms with Gasteiger partial charge in [-0.15, -0.1) is 0 Å². The van der Waals surface area contributed by atoms with Crippen molar-refractivity contribution in [3.05, 3.63) is 44.1 Å². The maximum atomic E-state index is 12.4. The van der Waals surface area contributed by atoms with Crippen LogP contribution in [0.5, 0.6) is 0 Å². The Hall–Kier alpha value is -3.07. The highest BCUT2D eigenvalue weighted by Gasteiger charge is 2.44. The number of hydrogen-bond acceptors (Lipinski definition) is 6. The highest BCUT2D eigenvalue weighted by atomic mass is 16.2. The van der Waals surface area contributed by atoms with Gasteiger partial charge in [0.2, 0.25) is 5.91 Å². The first-order valence-corrected chi connectivity index (χ1v) is 10.8. The van der Waals surface area contributed by atoms with E-state index in [4.69, 9.17) is 0 Å². The fourth-order valence-corrected chi connectivity index (χ4v) is 4.92. The smallest absolute Gasteiger partial charge is 0.349 e. The maximum Gasteiger partial charge on any atom is 0.349 e. The molecule has 31 heavy (non-hydrogen) atoms. The molecule has 2 N–H and O–H groups in total. The molecule has 4 heterocycles. The lowest BCUT2D eigenvalue weighted by atomic mass is 9.77. The molecule has 1 amide bonds. The summed E-state index contributed by atoms with van der Waals surface area (Å²) < 4.78 is 1.94. The number of rotatable bonds is 3. The van der Waals surface area contributed by atoms with Gasteiger partial charge in [-0.25, -0.2) is 9.78 Å². The van der Waals surface area contributed by atoms with Crippen LogP contribution in [-0.2, 0) is 11.3 Å². The zero-order valence-corrected chi connectivity index (χ0v) is 17.8. The maximum absolute atomic E-state index is 12.4. The number of likely N-dealkylation sites (tertiary alicyclic amines) is 1. The molecule has 0 saturated carbocycles. The van der Waals surface area contributed by atoms with Crippen molar-refractivity contribution in [3.8, 4) is 11.5 Å². The van der Waals surface area contributed by atoms with E-state index in [-0.39, 0.29) is 17.0 Å². The molecule has 162 valence electrons. The molecule has 0 bridgehead atoms. The lowest BCUT2D eigenvalue weighted by molar-refractivity contribution is -0.130. The van der Waals surface area contributed by atoms with Gasteiger partial charge in [0.15, 0.2) is 11.5 Å². The van der Waals surface area contributed by atoms with Crippen LogP contribution >= 0.6 is 0 Å². The van der Waals surface area contributed by atoms with Crippen molar-refractivity contribution in [3.63, 3.8) is 0 Å². The number of aryl methyl sites for hydroxylation is 2. The van der Waals surface area contributed by atoms with Crippen LogP contribution in [-0.4, -0.2) is 56.5 Å². The quantitative estimate of drug-likeness (QED) is 0.604. The average molecular weight is 422 g/mol. The SMILES string of the molecule is Cc1cc2nc3c(=O)[nH]c(=O)nc-3n(CCN3CCC4(CCNC4=O)CC3)c2cc1C. The van der Waals surface area contributed by atoms with Gasteiger partial charge < -0.3 is 14.8 Å². The van der Waals surface area contributed by atoms with E-state index in [1.165, 1.54) is 0 Å². The molecule has 0 aliphatic carbocycles. The molecule has 1 aromatic carbocycles. The predicted octanol–water partition coefficient (Wildman–Crippen LogP) is 0.804. The second kappa shape index (κ2) is 7.26. The molecule has 0 aromatic heterocycles. The van der Waals surface area contributed by atoms with Gasteiger partial charge in [-0.2, -0.15) is 4.98 Å². The van der Waals surface area contributed by atoms with Crippen molar-refractivity contribution in [2.24, 2.45) is 5.41 Å². The van der Waals surface area contributed by atoms with Crippen molar-refractivity contribution in [2.75, 3.05) is 26.2 Å². The van der Waals surface area contributed by atoms with Crippen molar-refractivity contribution in [1.29, 1.82) is 0 Å². The number of carbonyl (C=O) groups excluding carboxylic acids is 1. The van der Waals surface area contributed by atoms with E-state index in [1.807, 2.05) is 30.5 Å². The Labute approximate surface area is 178 Å². The number of piperidine rings is 1. The molecule has 2 fully saturated rings. The van der Waals surface area contributed by atoms with E-state index in [1.54, 1.807) is 0 Å². The van der Waals surface area contributed by atoms with Gasteiger partial charge in [0.1, 0.15) is 0 Å². The first-order valence-electron chi connectivity index (χ1n) is 10.8. The first-order chi connectivity index (χ1) is 14.9. The van der Waals surface area contributed by atoms with Gasteiger partial charge >= 0.3 is 5.69 Å². The number of hydrogen-bond donors (Lipinski definition) is 2. The third-order valence-electron chi connectivity index (χ3n) is 7.05. The van der Waals surface area contributed by atoms with Crippen LogP contribution in [0.2, 0.25) is 0 Å². The molecule has 0 radical (unpaired) electrons. The Kier molecular flexibility index (Phi) is 4.65. The summed E-state index contributed by atoms with van der Waals surface area (Å²) in [7, 11) is 0. The normalized spacial score (nSPS) is 18.8. The van der Waals surface area contributed by atoms with Crippen LogP contribution in [0.4, 0.5) is 0 Å². The minimum absolute atomic E-state index is 0.176. The molecule has 0 unspecified atom stereocenters. The Balaban J connectivity index is 1.48. The number of nitrogens with zero attached hydrogens (tertiary/aromatic N) is 4. The van der Waals surface area contributed by atoms with Gasteiger partial charge in [0, 0.05) is 19.6 Å². The van der Waals surface area contributed by atoms with Gasteiger partial charge in [-0.3, -0.25) is 14.6 Å². The number of aromatic amines is 1. The molecule has 4 aliphatic rings. The molecule has 9 nitrogen and oxygen atoms in total. The van der Waals surface area contributed by atoms with Crippen molar-refractivity contribution >= 4 is 16.9 Å². The van der Waals surface area contributed by atoms with Gasteiger partial charge in [-0.05, 0) is 69.5 Å². The molecule has 9 heteroatoms. The molecule has 0 atom stereocenters. The van der Waals surface area contributed by atoms with Crippen LogP contribution in [0.3, 0.4) is 0 Å². The molecule has 2 saturated heterocycles. The molecular formula is C22H26N6O3. The summed E-state index contributed by atoms with van der Waals surface area (Å²) in [5.74, 6) is 0.512. The lowest BCUT2D eigenvalue weighted by Gasteiger charge is -2.37. The van der Waals surface area contributed by atoms with Crippen LogP contribution in [0, 0.1) is 19.3 Å². The van der Waals surface area contributed by atoms with Crippen LogP contribution in [0.15, 0.2) is 21.7 Å². The Morgan fingerprint density at radius 2 is 1.74 bits per heavy atom. The molecular weight excluding hydrogens is 396 g/mol. The zero-order chi connectivity index (χ0) is 21.8. The minimum Gasteiger partial charge on any atom is -0.356 e. The summed E-state index contributed by atoms with van der Waals surface area (Å²) in [6, 6.07) is 4.01. The summed E-state index contributed by atoms with van der Waals surface area (Å²) in [4.78, 5) is 49.7. The summed E-state index contributed by atoms with van der Waals surface area (Å²) in [6.07, 6.45) is 2.65. The standard InChI is InChI=1S/C22H26N6O3/c1-13-11-15-16(12-14(13)2)28(18-17(24-15)19(29)26-21(31)25-18)10-9-27-7-4-22(5-8-27)3-6-23-20(22)30/h11-12H,3-10H2,1-2H3,(H,23,30)(H,26,29,31). The van der Waals surface area contributed by atoms with E-state index < -0.39 is 11.2 Å². The minimum atomic E-state index is -0.664. The van der Waals surface area contributed by atoms with E-state index in [0.717, 1.165) is 62.1 Å². The summed E-state index contributed by atoms with van der Waals surface area (Å²) in [5, 5.41) is 2.97. The molecule has 5 rings (SSSR count). The topological polar surface area (TPSA) is 113 Å². The summed E-state index contributed by atoms with van der Waals surface area (Å²) in [6.45, 7) is 7.85. The molecule has 1 spiro atoms. The highest BCUT2D eigenvalue weighted by molar-refractivity contribution is 5.84. The van der Waals surface area contributed by atoms with Crippen LogP contribution in [0.25, 0.3) is 22.6 Å². The summed E-state index contributed by atoms with van der Waals surface area (Å²) >= 11 is 0. The second-order valence-corrected chi connectivity index (χ2v) is 8.86. The fourth-order valence-electron chi connectivity index (χ4n) is 4.92. The lowest BCUT2D eigenvalue weighted by Crippen LogP contribution is -2.44. The second-order valence-electron chi connectivity index (χ2n) is 8.86. The van der Waals surface area contributed by atoms with Gasteiger partial charge in [0.05, 0.1) is 16.4 Å². The third kappa shape index (κ3) is 3.33. The third-order valence-corrected chi connectivity index (χ3v) is 7.05. The number of fused-ring (bicyclic) bond motifs is 2. The van der Waals surface area contributed by atoms with Crippen molar-refractivity contribution < 1.29 is 4.79 Å².